The zero-order valence-electron chi connectivity index (χ0n) is 19.1. The highest BCUT2D eigenvalue weighted by atomic mass is 16.5. The molecule has 0 aliphatic carbocycles. The number of esters is 1. The van der Waals surface area contributed by atoms with Crippen molar-refractivity contribution >= 4 is 12.0 Å². The van der Waals surface area contributed by atoms with Crippen molar-refractivity contribution in [3.05, 3.63) is 83.0 Å². The molecule has 0 amide bonds. The van der Waals surface area contributed by atoms with E-state index in [0.717, 1.165) is 43.9 Å². The van der Waals surface area contributed by atoms with Crippen LogP contribution in [0, 0.1) is 6.92 Å². The van der Waals surface area contributed by atoms with Crippen molar-refractivity contribution in [1.82, 2.24) is 15.0 Å². The van der Waals surface area contributed by atoms with E-state index >= 15 is 0 Å². The summed E-state index contributed by atoms with van der Waals surface area (Å²) in [6.07, 6.45) is 5.10. The smallest absolute Gasteiger partial charge is 0.330 e. The third-order valence-electron chi connectivity index (χ3n) is 5.95. The van der Waals surface area contributed by atoms with Crippen molar-refractivity contribution in [3.63, 3.8) is 0 Å². The Balaban J connectivity index is 1.24. The van der Waals surface area contributed by atoms with E-state index in [2.05, 4.69) is 51.0 Å². The fraction of sp³-hybridized carbons (Fsp3) is 0.346. The topological polar surface area (TPSA) is 77.7 Å². The van der Waals surface area contributed by atoms with Gasteiger partial charge in [-0.05, 0) is 67.8 Å². The van der Waals surface area contributed by atoms with Gasteiger partial charge >= 0.3 is 5.97 Å². The van der Waals surface area contributed by atoms with Crippen LogP contribution in [0.4, 0.5) is 0 Å². The maximum atomic E-state index is 11.2. The minimum Gasteiger partial charge on any atom is -0.484 e. The van der Waals surface area contributed by atoms with E-state index < -0.39 is 0 Å². The number of rotatable bonds is 8. The van der Waals surface area contributed by atoms with E-state index in [0.29, 0.717) is 17.6 Å². The van der Waals surface area contributed by atoms with Gasteiger partial charge in [0, 0.05) is 18.5 Å². The van der Waals surface area contributed by atoms with Gasteiger partial charge in [-0.25, -0.2) is 4.79 Å². The summed E-state index contributed by atoms with van der Waals surface area (Å²) >= 11 is 0. The van der Waals surface area contributed by atoms with E-state index in [1.807, 2.05) is 24.3 Å². The molecule has 3 aromatic rings. The first-order valence-electron chi connectivity index (χ1n) is 11.2. The monoisotopic (exact) mass is 447 g/mol. The number of piperidine rings is 1. The quantitative estimate of drug-likeness (QED) is 0.371. The molecule has 2 heterocycles. The highest BCUT2D eigenvalue weighted by Crippen LogP contribution is 2.27. The van der Waals surface area contributed by atoms with Crippen molar-refractivity contribution in [3.8, 4) is 5.75 Å². The molecule has 1 aliphatic heterocycles. The summed E-state index contributed by atoms with van der Waals surface area (Å²) in [5.41, 5.74) is 3.61. The maximum absolute atomic E-state index is 11.2. The Morgan fingerprint density at radius 3 is 2.64 bits per heavy atom. The van der Waals surface area contributed by atoms with Gasteiger partial charge in [0.1, 0.15) is 5.75 Å². The summed E-state index contributed by atoms with van der Waals surface area (Å²) in [5, 5.41) is 4.20. The molecule has 0 spiro atoms. The van der Waals surface area contributed by atoms with Gasteiger partial charge in [0.15, 0.2) is 12.4 Å². The minimum absolute atomic E-state index is 0.219. The molecule has 1 saturated heterocycles. The molecule has 0 saturated carbocycles. The lowest BCUT2D eigenvalue weighted by Gasteiger charge is -2.30. The van der Waals surface area contributed by atoms with Crippen LogP contribution in [0.3, 0.4) is 0 Å². The molecule has 0 radical (unpaired) electrons. The second-order valence-electron chi connectivity index (χ2n) is 8.24. The van der Waals surface area contributed by atoms with Crippen LogP contribution < -0.4 is 4.74 Å². The lowest BCUT2D eigenvalue weighted by atomic mass is 9.95. The number of aryl methyl sites for hydroxylation is 1. The van der Waals surface area contributed by atoms with Crippen LogP contribution in [0.15, 0.2) is 59.1 Å². The van der Waals surface area contributed by atoms with Crippen LogP contribution in [0.2, 0.25) is 0 Å². The molecule has 0 N–H and O–H groups in total. The molecule has 33 heavy (non-hydrogen) atoms. The number of likely N-dealkylation sites (tertiary alicyclic amines) is 1. The first-order chi connectivity index (χ1) is 16.1. The molecule has 1 aliphatic rings. The van der Waals surface area contributed by atoms with Crippen LogP contribution in [-0.4, -0.2) is 41.2 Å². The van der Waals surface area contributed by atoms with Gasteiger partial charge < -0.3 is 14.0 Å². The van der Waals surface area contributed by atoms with Gasteiger partial charge in [0.05, 0.1) is 7.11 Å². The van der Waals surface area contributed by atoms with Gasteiger partial charge in [-0.3, -0.25) is 4.90 Å². The number of ether oxygens (including phenoxy) is 2. The molecule has 1 fully saturated rings. The van der Waals surface area contributed by atoms with Gasteiger partial charge in [-0.1, -0.05) is 41.6 Å². The van der Waals surface area contributed by atoms with Crippen molar-refractivity contribution in [2.24, 2.45) is 0 Å². The van der Waals surface area contributed by atoms with E-state index in [-0.39, 0.29) is 12.6 Å². The molecule has 1 aromatic heterocycles. The highest BCUT2D eigenvalue weighted by Gasteiger charge is 2.25. The van der Waals surface area contributed by atoms with Crippen LogP contribution >= 0.6 is 0 Å². The molecular formula is C26H29N3O4. The number of methoxy groups -OCH3 is 1. The van der Waals surface area contributed by atoms with Crippen LogP contribution in [-0.2, 0) is 22.7 Å². The predicted molar refractivity (Wildman–Crippen MR) is 125 cm³/mol. The molecule has 2 aromatic carbocycles. The SMILES string of the molecule is COC(=O)C=Cc1ccc(OCc2nc(C3CCN(Cc4ccccc4C)CC3)no2)cc1. The molecule has 7 heteroatoms. The molecule has 0 bridgehead atoms. The van der Waals surface area contributed by atoms with Gasteiger partial charge in [0.25, 0.3) is 5.89 Å². The van der Waals surface area contributed by atoms with E-state index in [1.165, 1.54) is 24.3 Å². The van der Waals surface area contributed by atoms with Gasteiger partial charge in [-0.15, -0.1) is 0 Å². The van der Waals surface area contributed by atoms with Crippen molar-refractivity contribution in [1.29, 1.82) is 0 Å². The number of benzene rings is 2. The first-order valence-corrected chi connectivity index (χ1v) is 11.2. The highest BCUT2D eigenvalue weighted by molar-refractivity contribution is 5.86. The zero-order chi connectivity index (χ0) is 23.0. The third-order valence-corrected chi connectivity index (χ3v) is 5.95. The molecule has 7 nitrogen and oxygen atoms in total. The lowest BCUT2D eigenvalue weighted by molar-refractivity contribution is -0.134. The second kappa shape index (κ2) is 10.9. The fourth-order valence-electron chi connectivity index (χ4n) is 3.92. The van der Waals surface area contributed by atoms with Gasteiger partial charge in [-0.2, -0.15) is 4.98 Å². The summed E-state index contributed by atoms with van der Waals surface area (Å²) in [6.45, 7) is 5.42. The van der Waals surface area contributed by atoms with E-state index in [1.54, 1.807) is 6.08 Å². The molecule has 0 unspecified atom stereocenters. The van der Waals surface area contributed by atoms with E-state index in [9.17, 15) is 4.79 Å². The summed E-state index contributed by atoms with van der Waals surface area (Å²) in [6, 6.07) is 16.0. The predicted octanol–water partition coefficient (Wildman–Crippen LogP) is 4.52. The molecular weight excluding hydrogens is 418 g/mol. The zero-order valence-corrected chi connectivity index (χ0v) is 19.1. The molecule has 0 atom stereocenters. The first kappa shape index (κ1) is 22.7. The maximum Gasteiger partial charge on any atom is 0.330 e. The Labute approximate surface area is 194 Å². The Hall–Kier alpha value is -3.45. The molecule has 172 valence electrons. The summed E-state index contributed by atoms with van der Waals surface area (Å²) in [5.74, 6) is 1.86. The number of hydrogen-bond donors (Lipinski definition) is 0. The molecule has 4 rings (SSSR count). The summed E-state index contributed by atoms with van der Waals surface area (Å²) in [4.78, 5) is 18.2. The van der Waals surface area contributed by atoms with Gasteiger partial charge in [0.2, 0.25) is 0 Å². The van der Waals surface area contributed by atoms with Crippen molar-refractivity contribution in [2.45, 2.75) is 38.8 Å². The normalized spacial score (nSPS) is 15.1. The van der Waals surface area contributed by atoms with Crippen molar-refractivity contribution < 1.29 is 18.8 Å². The second-order valence-corrected chi connectivity index (χ2v) is 8.24. The Morgan fingerprint density at radius 2 is 1.91 bits per heavy atom. The number of aromatic nitrogens is 2. The fourth-order valence-corrected chi connectivity index (χ4v) is 3.92. The largest absolute Gasteiger partial charge is 0.484 e. The average molecular weight is 448 g/mol. The standard InChI is InChI=1S/C26H29N3O4/c1-19-5-3-4-6-22(19)17-29-15-13-21(14-16-29)26-27-24(33-28-26)18-32-23-10-7-20(8-11-23)9-12-25(30)31-2/h3-12,21H,13-18H2,1-2H3. The minimum atomic E-state index is -0.389. The Morgan fingerprint density at radius 1 is 1.15 bits per heavy atom. The van der Waals surface area contributed by atoms with Crippen LogP contribution in [0.5, 0.6) is 5.75 Å². The van der Waals surface area contributed by atoms with Crippen LogP contribution in [0.25, 0.3) is 6.08 Å². The lowest BCUT2D eigenvalue weighted by Crippen LogP contribution is -2.33. The summed E-state index contributed by atoms with van der Waals surface area (Å²) in [7, 11) is 1.35. The van der Waals surface area contributed by atoms with Crippen molar-refractivity contribution in [2.75, 3.05) is 20.2 Å². The number of nitrogens with zero attached hydrogens (tertiary/aromatic N) is 3. The number of carbonyl (C=O) groups excluding carboxylic acids is 1. The number of carbonyl (C=O) groups is 1. The Kier molecular flexibility index (Phi) is 7.52. The summed E-state index contributed by atoms with van der Waals surface area (Å²) < 4.78 is 15.8. The Bertz CT molecular complexity index is 1080. The third kappa shape index (κ3) is 6.29. The number of hydrogen-bond acceptors (Lipinski definition) is 7. The van der Waals surface area contributed by atoms with E-state index in [4.69, 9.17) is 9.26 Å². The average Bonchev–Trinajstić information content (AvgIpc) is 3.33. The van der Waals surface area contributed by atoms with Crippen LogP contribution in [0.1, 0.15) is 47.2 Å².